The van der Waals surface area contributed by atoms with Crippen molar-refractivity contribution in [1.29, 1.82) is 0 Å². The van der Waals surface area contributed by atoms with Gasteiger partial charge in [0.2, 0.25) is 9.84 Å². The van der Waals surface area contributed by atoms with Gasteiger partial charge in [-0.25, -0.2) is 13.2 Å². The monoisotopic (exact) mass is 425 g/mol. The predicted molar refractivity (Wildman–Crippen MR) is 109 cm³/mol. The lowest BCUT2D eigenvalue weighted by molar-refractivity contribution is -0.133. The number of amides is 1. The van der Waals surface area contributed by atoms with Crippen molar-refractivity contribution < 1.29 is 27.5 Å². The molecule has 1 amide bonds. The second-order valence-corrected chi connectivity index (χ2v) is 8.38. The molecule has 0 atom stereocenters. The molecule has 0 saturated heterocycles. The molecule has 0 saturated carbocycles. The number of sulfone groups is 1. The van der Waals surface area contributed by atoms with Crippen LogP contribution in [0.1, 0.15) is 26.3 Å². The average molecular weight is 425 g/mol. The zero-order valence-corrected chi connectivity index (χ0v) is 16.9. The first kappa shape index (κ1) is 21.2. The number of rotatable bonds is 7. The topological polar surface area (TPSA) is 97.8 Å². The first-order valence-electron chi connectivity index (χ1n) is 9.00. The quantitative estimate of drug-likeness (QED) is 0.426. The average Bonchev–Trinajstić information content (AvgIpc) is 2.75. The van der Waals surface area contributed by atoms with Crippen molar-refractivity contribution in [3.8, 4) is 0 Å². The number of carbonyl (C=O) groups excluding carboxylic acids is 3. The van der Waals surface area contributed by atoms with E-state index in [1.165, 1.54) is 47.4 Å². The molecule has 8 heteroatoms. The molecule has 154 valence electrons. The fraction of sp³-hybridized carbons (Fsp3) is 0.136. The molecule has 1 heterocycles. The Morgan fingerprint density at radius 1 is 0.967 bits per heavy atom. The first-order valence-corrected chi connectivity index (χ1v) is 10.5. The van der Waals surface area contributed by atoms with Crippen molar-refractivity contribution in [2.45, 2.75) is 9.79 Å². The molecular formula is C22H19NO6S. The Morgan fingerprint density at radius 3 is 2.27 bits per heavy atom. The normalized spacial score (nSPS) is 13.5. The number of ether oxygens (including phenoxy) is 1. The molecule has 0 radical (unpaired) electrons. The predicted octanol–water partition coefficient (Wildman–Crippen LogP) is 2.42. The SMILES string of the molecule is C=CCN(CC=C)C(=O)COC(=O)c1ccc2c(c1)S(=O)(=O)c1ccccc1C2=O. The summed E-state index contributed by atoms with van der Waals surface area (Å²) in [7, 11) is -3.98. The van der Waals surface area contributed by atoms with Gasteiger partial charge >= 0.3 is 5.97 Å². The molecule has 1 aliphatic heterocycles. The van der Waals surface area contributed by atoms with Crippen LogP contribution in [-0.4, -0.2) is 50.7 Å². The Bertz CT molecular complexity index is 1160. The van der Waals surface area contributed by atoms with Gasteiger partial charge in [-0.3, -0.25) is 9.59 Å². The summed E-state index contributed by atoms with van der Waals surface area (Å²) in [5.41, 5.74) is 0.0104. The van der Waals surface area contributed by atoms with Gasteiger partial charge in [0.25, 0.3) is 5.91 Å². The third-order valence-electron chi connectivity index (χ3n) is 4.55. The van der Waals surface area contributed by atoms with E-state index in [-0.39, 0.29) is 39.6 Å². The maximum atomic E-state index is 12.9. The zero-order valence-electron chi connectivity index (χ0n) is 16.0. The van der Waals surface area contributed by atoms with Crippen LogP contribution in [0.25, 0.3) is 0 Å². The summed E-state index contributed by atoms with van der Waals surface area (Å²) in [4.78, 5) is 38.3. The van der Waals surface area contributed by atoms with Crippen LogP contribution in [0.4, 0.5) is 0 Å². The number of fused-ring (bicyclic) bond motifs is 2. The van der Waals surface area contributed by atoms with Crippen LogP contribution >= 0.6 is 0 Å². The summed E-state index contributed by atoms with van der Waals surface area (Å²) >= 11 is 0. The second-order valence-electron chi connectivity index (χ2n) is 6.49. The van der Waals surface area contributed by atoms with Crippen LogP contribution in [0.3, 0.4) is 0 Å². The Hall–Kier alpha value is -3.52. The highest BCUT2D eigenvalue weighted by Gasteiger charge is 2.35. The molecule has 0 aliphatic carbocycles. The van der Waals surface area contributed by atoms with Crippen LogP contribution in [0, 0.1) is 0 Å². The number of benzene rings is 2. The van der Waals surface area contributed by atoms with E-state index in [1.54, 1.807) is 6.07 Å². The Morgan fingerprint density at radius 2 is 1.60 bits per heavy atom. The van der Waals surface area contributed by atoms with Gasteiger partial charge < -0.3 is 9.64 Å². The van der Waals surface area contributed by atoms with E-state index in [0.717, 1.165) is 6.07 Å². The Kier molecular flexibility index (Phi) is 5.98. The molecule has 0 bridgehead atoms. The number of nitrogens with zero attached hydrogens (tertiary/aromatic N) is 1. The van der Waals surface area contributed by atoms with E-state index < -0.39 is 34.1 Å². The third kappa shape index (κ3) is 3.81. The van der Waals surface area contributed by atoms with Gasteiger partial charge in [0, 0.05) is 24.2 Å². The molecular weight excluding hydrogens is 406 g/mol. The van der Waals surface area contributed by atoms with Gasteiger partial charge in [-0.2, -0.15) is 0 Å². The molecule has 7 nitrogen and oxygen atoms in total. The largest absolute Gasteiger partial charge is 0.452 e. The van der Waals surface area contributed by atoms with Crippen LogP contribution in [0.5, 0.6) is 0 Å². The summed E-state index contributed by atoms with van der Waals surface area (Å²) < 4.78 is 30.9. The van der Waals surface area contributed by atoms with Crippen LogP contribution in [0.2, 0.25) is 0 Å². The molecule has 0 spiro atoms. The van der Waals surface area contributed by atoms with E-state index in [2.05, 4.69) is 13.2 Å². The van der Waals surface area contributed by atoms with Gasteiger partial charge in [-0.15, -0.1) is 13.2 Å². The van der Waals surface area contributed by atoms with Crippen molar-refractivity contribution in [1.82, 2.24) is 4.90 Å². The van der Waals surface area contributed by atoms with E-state index in [4.69, 9.17) is 4.74 Å². The summed E-state index contributed by atoms with van der Waals surface area (Å²) in [6.07, 6.45) is 3.07. The first-order chi connectivity index (χ1) is 14.3. The lowest BCUT2D eigenvalue weighted by Crippen LogP contribution is -2.35. The van der Waals surface area contributed by atoms with E-state index in [1.807, 2.05) is 0 Å². The number of carbonyl (C=O) groups is 3. The highest BCUT2D eigenvalue weighted by atomic mass is 32.2. The molecule has 1 aliphatic rings. The van der Waals surface area contributed by atoms with E-state index in [9.17, 15) is 22.8 Å². The summed E-state index contributed by atoms with van der Waals surface area (Å²) in [6.45, 7) is 7.14. The zero-order chi connectivity index (χ0) is 21.9. The molecule has 30 heavy (non-hydrogen) atoms. The molecule has 0 fully saturated rings. The number of hydrogen-bond acceptors (Lipinski definition) is 6. The lowest BCUT2D eigenvalue weighted by Gasteiger charge is -2.20. The summed E-state index contributed by atoms with van der Waals surface area (Å²) in [6, 6.07) is 9.60. The molecule has 0 aromatic heterocycles. The fourth-order valence-corrected chi connectivity index (χ4v) is 4.78. The van der Waals surface area contributed by atoms with Crippen molar-refractivity contribution in [3.63, 3.8) is 0 Å². The fourth-order valence-electron chi connectivity index (χ4n) is 3.10. The molecule has 2 aromatic carbocycles. The summed E-state index contributed by atoms with van der Waals surface area (Å²) in [5.74, 6) is -1.75. The van der Waals surface area contributed by atoms with Crippen molar-refractivity contribution in [3.05, 3.63) is 84.5 Å². The second kappa shape index (κ2) is 8.46. The standard InChI is InChI=1S/C22H19NO6S/c1-3-11-23(12-4-2)20(24)14-29-22(26)15-9-10-17-19(13-15)30(27,28)18-8-6-5-7-16(18)21(17)25/h3-10,13H,1-2,11-12,14H2. The Labute approximate surface area is 174 Å². The van der Waals surface area contributed by atoms with E-state index >= 15 is 0 Å². The lowest BCUT2D eigenvalue weighted by atomic mass is 10.0. The number of ketones is 1. The van der Waals surface area contributed by atoms with Gasteiger partial charge in [0.15, 0.2) is 12.4 Å². The van der Waals surface area contributed by atoms with Crippen LogP contribution < -0.4 is 0 Å². The Balaban J connectivity index is 1.84. The number of esters is 1. The van der Waals surface area contributed by atoms with Gasteiger partial charge in [0.1, 0.15) is 0 Å². The number of hydrogen-bond donors (Lipinski definition) is 0. The highest BCUT2D eigenvalue weighted by molar-refractivity contribution is 7.91. The minimum Gasteiger partial charge on any atom is -0.452 e. The molecule has 3 rings (SSSR count). The maximum absolute atomic E-state index is 12.9. The van der Waals surface area contributed by atoms with Gasteiger partial charge in [-0.05, 0) is 30.3 Å². The minimum atomic E-state index is -3.98. The smallest absolute Gasteiger partial charge is 0.338 e. The van der Waals surface area contributed by atoms with Gasteiger partial charge in [-0.1, -0.05) is 24.3 Å². The van der Waals surface area contributed by atoms with Crippen molar-refractivity contribution >= 4 is 27.5 Å². The molecule has 2 aromatic rings. The van der Waals surface area contributed by atoms with Crippen LogP contribution in [0.15, 0.2) is 77.6 Å². The van der Waals surface area contributed by atoms with E-state index in [0.29, 0.717) is 0 Å². The molecule has 0 unspecified atom stereocenters. The highest BCUT2D eigenvalue weighted by Crippen LogP contribution is 2.34. The van der Waals surface area contributed by atoms with Gasteiger partial charge in [0.05, 0.1) is 15.4 Å². The van der Waals surface area contributed by atoms with Crippen molar-refractivity contribution in [2.24, 2.45) is 0 Å². The summed E-state index contributed by atoms with van der Waals surface area (Å²) in [5, 5.41) is 0. The third-order valence-corrected chi connectivity index (χ3v) is 6.40. The van der Waals surface area contributed by atoms with Crippen LogP contribution in [-0.2, 0) is 19.4 Å². The minimum absolute atomic E-state index is 0.00975. The maximum Gasteiger partial charge on any atom is 0.338 e. The molecule has 0 N–H and O–H groups in total. The van der Waals surface area contributed by atoms with Crippen molar-refractivity contribution in [2.75, 3.05) is 19.7 Å².